The van der Waals surface area contributed by atoms with Crippen LogP contribution in [0.25, 0.3) is 0 Å². The number of aromatic nitrogens is 1. The zero-order valence-corrected chi connectivity index (χ0v) is 12.2. The smallest absolute Gasteiger partial charge is 0.399 e. The van der Waals surface area contributed by atoms with Crippen molar-refractivity contribution in [1.29, 1.82) is 0 Å². The monoisotopic (exact) mass is 264 g/mol. The predicted octanol–water partition coefficient (Wildman–Crippen LogP) is 1.11. The van der Waals surface area contributed by atoms with Crippen molar-refractivity contribution >= 4 is 18.4 Å². The molecule has 1 aromatic rings. The average Bonchev–Trinajstić information content (AvgIpc) is 2.48. The van der Waals surface area contributed by atoms with E-state index in [0.717, 1.165) is 11.2 Å². The number of hydrogen-bond acceptors (Lipinski definition) is 5. The van der Waals surface area contributed by atoms with Gasteiger partial charge in [0.15, 0.2) is 0 Å². The number of methoxy groups -OCH3 is 1. The van der Waals surface area contributed by atoms with Crippen LogP contribution in [0.2, 0.25) is 0 Å². The molecule has 1 aliphatic rings. The van der Waals surface area contributed by atoms with Crippen molar-refractivity contribution in [2.24, 2.45) is 0 Å². The van der Waals surface area contributed by atoms with Gasteiger partial charge in [0.1, 0.15) is 5.82 Å². The third kappa shape index (κ3) is 2.75. The summed E-state index contributed by atoms with van der Waals surface area (Å²) in [5.74, 6) is 0.444. The largest absolute Gasteiger partial charge is 0.495 e. The summed E-state index contributed by atoms with van der Waals surface area (Å²) in [6.07, 6.45) is 0. The summed E-state index contributed by atoms with van der Waals surface area (Å²) in [4.78, 5) is 4.21. The topological polar surface area (TPSA) is 66.6 Å². The molecule has 1 fully saturated rings. The van der Waals surface area contributed by atoms with Crippen LogP contribution in [0.15, 0.2) is 12.1 Å². The van der Waals surface area contributed by atoms with Crippen molar-refractivity contribution in [1.82, 2.24) is 4.98 Å². The van der Waals surface area contributed by atoms with E-state index in [4.69, 9.17) is 19.8 Å². The lowest BCUT2D eigenvalue weighted by molar-refractivity contribution is 0.00578. The van der Waals surface area contributed by atoms with Gasteiger partial charge in [-0.3, -0.25) is 0 Å². The summed E-state index contributed by atoms with van der Waals surface area (Å²) >= 11 is 0. The SMILES string of the molecule is COCc1cc(B2OC(C)(C)C(C)(C)O2)cc(N)n1. The first-order valence-electron chi connectivity index (χ1n) is 6.36. The highest BCUT2D eigenvalue weighted by molar-refractivity contribution is 6.62. The molecule has 5 nitrogen and oxygen atoms in total. The Bertz CT molecular complexity index is 461. The standard InChI is InChI=1S/C13H21BN2O3/c1-12(2)13(3,4)19-14(18-12)9-6-10(8-17-5)16-11(15)7-9/h6-7H,8H2,1-5H3,(H2,15,16). The lowest BCUT2D eigenvalue weighted by atomic mass is 9.79. The Labute approximate surface area is 114 Å². The fourth-order valence-corrected chi connectivity index (χ4v) is 1.97. The van der Waals surface area contributed by atoms with Crippen LogP contribution >= 0.6 is 0 Å². The van der Waals surface area contributed by atoms with Crippen LogP contribution in [-0.2, 0) is 20.7 Å². The number of rotatable bonds is 3. The maximum atomic E-state index is 5.99. The van der Waals surface area contributed by atoms with Gasteiger partial charge in [0.05, 0.1) is 23.5 Å². The van der Waals surface area contributed by atoms with Crippen molar-refractivity contribution in [2.45, 2.75) is 45.5 Å². The van der Waals surface area contributed by atoms with Crippen LogP contribution in [0.3, 0.4) is 0 Å². The van der Waals surface area contributed by atoms with Gasteiger partial charge in [0.25, 0.3) is 0 Å². The molecule has 0 amide bonds. The van der Waals surface area contributed by atoms with Gasteiger partial charge in [-0.15, -0.1) is 0 Å². The van der Waals surface area contributed by atoms with Gasteiger partial charge in [-0.05, 0) is 45.3 Å². The summed E-state index contributed by atoms with van der Waals surface area (Å²) in [6, 6.07) is 3.68. The molecule has 2 rings (SSSR count). The van der Waals surface area contributed by atoms with Gasteiger partial charge in [0, 0.05) is 7.11 Å². The molecule has 2 heterocycles. The Kier molecular flexibility index (Phi) is 3.60. The molecule has 19 heavy (non-hydrogen) atoms. The van der Waals surface area contributed by atoms with E-state index in [1.54, 1.807) is 13.2 Å². The van der Waals surface area contributed by atoms with Gasteiger partial charge in [-0.1, -0.05) is 0 Å². The molecule has 6 heteroatoms. The first-order valence-corrected chi connectivity index (χ1v) is 6.36. The van der Waals surface area contributed by atoms with E-state index in [2.05, 4.69) is 4.98 Å². The second-order valence-electron chi connectivity index (χ2n) is 5.84. The normalized spacial score (nSPS) is 20.8. The molecule has 1 aromatic heterocycles. The number of nitrogens with zero attached hydrogens (tertiary/aromatic N) is 1. The molecule has 2 N–H and O–H groups in total. The molecular weight excluding hydrogens is 243 g/mol. The van der Waals surface area contributed by atoms with E-state index in [1.165, 1.54) is 0 Å². The molecule has 0 aromatic carbocycles. The van der Waals surface area contributed by atoms with Gasteiger partial charge in [-0.2, -0.15) is 0 Å². The lowest BCUT2D eigenvalue weighted by Gasteiger charge is -2.32. The summed E-state index contributed by atoms with van der Waals surface area (Å²) in [6.45, 7) is 8.50. The zero-order valence-electron chi connectivity index (χ0n) is 12.2. The summed E-state index contributed by atoms with van der Waals surface area (Å²) < 4.78 is 17.1. The molecule has 0 spiro atoms. The molecule has 1 saturated heterocycles. The van der Waals surface area contributed by atoms with Crippen LogP contribution < -0.4 is 11.2 Å². The third-order valence-electron chi connectivity index (χ3n) is 3.74. The minimum Gasteiger partial charge on any atom is -0.399 e. The molecule has 0 bridgehead atoms. The van der Waals surface area contributed by atoms with Crippen LogP contribution in [0.1, 0.15) is 33.4 Å². The second-order valence-corrected chi connectivity index (χ2v) is 5.84. The Hall–Kier alpha value is -1.11. The van der Waals surface area contributed by atoms with Gasteiger partial charge in [0.2, 0.25) is 0 Å². The fourth-order valence-electron chi connectivity index (χ4n) is 1.97. The molecule has 1 aliphatic heterocycles. The van der Waals surface area contributed by atoms with Gasteiger partial charge < -0.3 is 19.8 Å². The Balaban J connectivity index is 2.29. The third-order valence-corrected chi connectivity index (χ3v) is 3.74. The van der Waals surface area contributed by atoms with E-state index in [-0.39, 0.29) is 11.2 Å². The number of ether oxygens (including phenoxy) is 1. The number of pyridine rings is 1. The van der Waals surface area contributed by atoms with E-state index in [1.807, 2.05) is 33.8 Å². The quantitative estimate of drug-likeness (QED) is 0.828. The van der Waals surface area contributed by atoms with Crippen molar-refractivity contribution in [3.05, 3.63) is 17.8 Å². The first kappa shape index (κ1) is 14.3. The number of hydrogen-bond donors (Lipinski definition) is 1. The van der Waals surface area contributed by atoms with E-state index in [9.17, 15) is 0 Å². The van der Waals surface area contributed by atoms with Gasteiger partial charge in [-0.25, -0.2) is 4.98 Å². The Morgan fingerprint density at radius 3 is 2.32 bits per heavy atom. The molecule has 0 atom stereocenters. The zero-order chi connectivity index (χ0) is 14.3. The summed E-state index contributed by atoms with van der Waals surface area (Å²) in [5.41, 5.74) is 6.73. The van der Waals surface area contributed by atoms with E-state index in [0.29, 0.717) is 12.4 Å². The molecule has 0 radical (unpaired) electrons. The Morgan fingerprint density at radius 1 is 1.21 bits per heavy atom. The minimum atomic E-state index is -0.425. The average molecular weight is 264 g/mol. The molecule has 0 unspecified atom stereocenters. The van der Waals surface area contributed by atoms with Crippen LogP contribution in [-0.4, -0.2) is 30.4 Å². The highest BCUT2D eigenvalue weighted by Crippen LogP contribution is 2.36. The number of nitrogen functional groups attached to an aromatic ring is 1. The molecule has 0 saturated carbocycles. The lowest BCUT2D eigenvalue weighted by Crippen LogP contribution is -2.41. The predicted molar refractivity (Wildman–Crippen MR) is 75.1 cm³/mol. The maximum absolute atomic E-state index is 5.99. The van der Waals surface area contributed by atoms with E-state index < -0.39 is 7.12 Å². The Morgan fingerprint density at radius 2 is 1.79 bits per heavy atom. The highest BCUT2D eigenvalue weighted by Gasteiger charge is 2.51. The van der Waals surface area contributed by atoms with Crippen molar-refractivity contribution in [2.75, 3.05) is 12.8 Å². The van der Waals surface area contributed by atoms with Crippen LogP contribution in [0.5, 0.6) is 0 Å². The molecule has 104 valence electrons. The summed E-state index contributed by atoms with van der Waals surface area (Å²) in [5, 5.41) is 0. The fraction of sp³-hybridized carbons (Fsp3) is 0.615. The number of anilines is 1. The number of nitrogens with two attached hydrogens (primary N) is 1. The van der Waals surface area contributed by atoms with Crippen LogP contribution in [0, 0.1) is 0 Å². The van der Waals surface area contributed by atoms with Gasteiger partial charge >= 0.3 is 7.12 Å². The van der Waals surface area contributed by atoms with Crippen molar-refractivity contribution in [3.8, 4) is 0 Å². The molecule has 0 aliphatic carbocycles. The van der Waals surface area contributed by atoms with Crippen molar-refractivity contribution in [3.63, 3.8) is 0 Å². The summed E-state index contributed by atoms with van der Waals surface area (Å²) in [7, 11) is 1.20. The first-order chi connectivity index (χ1) is 8.75. The van der Waals surface area contributed by atoms with Crippen molar-refractivity contribution < 1.29 is 14.0 Å². The van der Waals surface area contributed by atoms with Crippen LogP contribution in [0.4, 0.5) is 5.82 Å². The highest BCUT2D eigenvalue weighted by atomic mass is 16.7. The second kappa shape index (κ2) is 4.78. The van der Waals surface area contributed by atoms with E-state index >= 15 is 0 Å². The molecular formula is C13H21BN2O3. The minimum absolute atomic E-state index is 0.364. The maximum Gasteiger partial charge on any atom is 0.495 e.